The molecule has 2 rings (SSSR count). The van der Waals surface area contributed by atoms with E-state index >= 15 is 0 Å². The Bertz CT molecular complexity index is 612. The summed E-state index contributed by atoms with van der Waals surface area (Å²) >= 11 is 5.79. The quantitative estimate of drug-likeness (QED) is 0.740. The maximum Gasteiger partial charge on any atom is 0.409 e. The molecular weight excluding hydrogens is 348 g/mol. The van der Waals surface area contributed by atoms with E-state index in [1.54, 1.807) is 41.0 Å². The highest BCUT2D eigenvalue weighted by Gasteiger charge is 2.25. The fraction of sp³-hybridized carbons (Fsp3) is 0.471. The molecule has 0 aliphatic carbocycles. The number of nitrogens with zero attached hydrogens (tertiary/aromatic N) is 2. The van der Waals surface area contributed by atoms with Crippen LogP contribution in [0.5, 0.6) is 0 Å². The lowest BCUT2D eigenvalue weighted by Crippen LogP contribution is -2.51. The first-order chi connectivity index (χ1) is 12.0. The minimum atomic E-state index is -0.471. The molecule has 1 aromatic rings. The molecule has 0 unspecified atom stereocenters. The molecule has 0 aromatic heterocycles. The van der Waals surface area contributed by atoms with Gasteiger partial charge in [0.1, 0.15) is 0 Å². The summed E-state index contributed by atoms with van der Waals surface area (Å²) in [6.07, 6.45) is -0.287. The fourth-order valence-electron chi connectivity index (χ4n) is 2.41. The zero-order valence-corrected chi connectivity index (χ0v) is 14.8. The topological polar surface area (TPSA) is 76.2 Å². The minimum absolute atomic E-state index is 0.0844. The van der Waals surface area contributed by atoms with Gasteiger partial charge in [0.2, 0.25) is 0 Å². The number of carbonyl (C=O) groups is 3. The third-order valence-electron chi connectivity index (χ3n) is 3.78. The second-order valence-corrected chi connectivity index (χ2v) is 5.97. The first-order valence-electron chi connectivity index (χ1n) is 8.09. The lowest BCUT2D eigenvalue weighted by Gasteiger charge is -2.33. The highest BCUT2D eigenvalue weighted by molar-refractivity contribution is 6.30. The van der Waals surface area contributed by atoms with Crippen molar-refractivity contribution in [2.24, 2.45) is 0 Å². The molecule has 7 nitrogen and oxygen atoms in total. The van der Waals surface area contributed by atoms with Gasteiger partial charge in [-0.25, -0.2) is 4.79 Å². The first-order valence-corrected chi connectivity index (χ1v) is 8.47. The molecule has 1 aromatic carbocycles. The molecule has 1 heterocycles. The van der Waals surface area contributed by atoms with Crippen molar-refractivity contribution < 1.29 is 23.9 Å². The summed E-state index contributed by atoms with van der Waals surface area (Å²) in [5, 5.41) is 0.592. The molecule has 0 atom stereocenters. The highest BCUT2D eigenvalue weighted by atomic mass is 35.5. The Hall–Kier alpha value is -2.28. The number of hydrogen-bond acceptors (Lipinski definition) is 5. The van der Waals surface area contributed by atoms with Crippen LogP contribution in [0.4, 0.5) is 4.79 Å². The van der Waals surface area contributed by atoms with E-state index in [1.165, 1.54) is 0 Å². The van der Waals surface area contributed by atoms with Gasteiger partial charge in [0.05, 0.1) is 13.0 Å². The largest absolute Gasteiger partial charge is 0.455 e. The van der Waals surface area contributed by atoms with E-state index in [-0.39, 0.29) is 25.0 Å². The molecule has 1 fully saturated rings. The van der Waals surface area contributed by atoms with Gasteiger partial charge in [0.25, 0.3) is 5.91 Å². The second-order valence-electron chi connectivity index (χ2n) is 5.53. The molecule has 8 heteroatoms. The lowest BCUT2D eigenvalue weighted by atomic mass is 10.1. The lowest BCUT2D eigenvalue weighted by molar-refractivity contribution is -0.152. The number of amides is 2. The van der Waals surface area contributed by atoms with Crippen LogP contribution < -0.4 is 0 Å². The Kier molecular flexibility index (Phi) is 7.06. The van der Waals surface area contributed by atoms with Crippen LogP contribution in [0.25, 0.3) is 0 Å². The summed E-state index contributed by atoms with van der Waals surface area (Å²) in [6.45, 7) is 3.37. The van der Waals surface area contributed by atoms with Crippen LogP contribution in [0.2, 0.25) is 5.02 Å². The molecule has 0 saturated carbocycles. The van der Waals surface area contributed by atoms with Crippen LogP contribution in [0, 0.1) is 0 Å². The fourth-order valence-corrected chi connectivity index (χ4v) is 2.53. The third-order valence-corrected chi connectivity index (χ3v) is 4.03. The van der Waals surface area contributed by atoms with E-state index in [0.717, 1.165) is 5.56 Å². The number of hydrogen-bond donors (Lipinski definition) is 0. The van der Waals surface area contributed by atoms with E-state index in [1.807, 2.05) is 0 Å². The van der Waals surface area contributed by atoms with E-state index in [4.69, 9.17) is 21.1 Å². The van der Waals surface area contributed by atoms with Crippen LogP contribution >= 0.6 is 11.6 Å². The van der Waals surface area contributed by atoms with Gasteiger partial charge in [-0.15, -0.1) is 0 Å². The Morgan fingerprint density at radius 1 is 1.00 bits per heavy atom. The number of halogens is 1. The van der Waals surface area contributed by atoms with Gasteiger partial charge in [-0.2, -0.15) is 0 Å². The van der Waals surface area contributed by atoms with Crippen molar-refractivity contribution in [1.82, 2.24) is 9.80 Å². The van der Waals surface area contributed by atoms with Crippen LogP contribution in [0.3, 0.4) is 0 Å². The molecule has 25 heavy (non-hydrogen) atoms. The van der Waals surface area contributed by atoms with Gasteiger partial charge in [0.15, 0.2) is 6.61 Å². The number of carbonyl (C=O) groups excluding carboxylic acids is 3. The van der Waals surface area contributed by atoms with Crippen molar-refractivity contribution in [3.63, 3.8) is 0 Å². The summed E-state index contributed by atoms with van der Waals surface area (Å²) in [4.78, 5) is 38.6. The van der Waals surface area contributed by atoms with E-state index in [2.05, 4.69) is 0 Å². The molecule has 1 aliphatic heterocycles. The van der Waals surface area contributed by atoms with Gasteiger partial charge in [0, 0.05) is 31.2 Å². The molecule has 1 saturated heterocycles. The summed E-state index contributed by atoms with van der Waals surface area (Å²) < 4.78 is 9.96. The van der Waals surface area contributed by atoms with Crippen LogP contribution in [0.15, 0.2) is 24.3 Å². The minimum Gasteiger partial charge on any atom is -0.455 e. The number of benzene rings is 1. The van der Waals surface area contributed by atoms with Gasteiger partial charge in [-0.1, -0.05) is 23.7 Å². The van der Waals surface area contributed by atoms with Crippen molar-refractivity contribution >= 4 is 29.6 Å². The monoisotopic (exact) mass is 368 g/mol. The maximum absolute atomic E-state index is 12.1. The standard InChI is InChI=1S/C17H21ClN2O5/c1-2-24-17(23)20-9-7-19(8-10-20)15(21)12-25-16(22)11-13-3-5-14(18)6-4-13/h3-6H,2,7-12H2,1H3. The van der Waals surface area contributed by atoms with Gasteiger partial charge in [-0.05, 0) is 24.6 Å². The normalized spacial score (nSPS) is 14.2. The molecule has 0 bridgehead atoms. The second kappa shape index (κ2) is 9.27. The smallest absolute Gasteiger partial charge is 0.409 e. The Morgan fingerprint density at radius 3 is 2.20 bits per heavy atom. The summed E-state index contributed by atoms with van der Waals surface area (Å²) in [6, 6.07) is 6.86. The average Bonchev–Trinajstić information content (AvgIpc) is 2.62. The molecule has 0 radical (unpaired) electrons. The molecule has 2 amide bonds. The van der Waals surface area contributed by atoms with Gasteiger partial charge < -0.3 is 19.3 Å². The zero-order valence-electron chi connectivity index (χ0n) is 14.1. The van der Waals surface area contributed by atoms with E-state index < -0.39 is 5.97 Å². The van der Waals surface area contributed by atoms with Crippen LogP contribution in [-0.2, 0) is 25.5 Å². The summed E-state index contributed by atoms with van der Waals surface area (Å²) in [5.74, 6) is -0.742. The molecule has 1 aliphatic rings. The van der Waals surface area contributed by atoms with E-state index in [0.29, 0.717) is 37.8 Å². The van der Waals surface area contributed by atoms with Gasteiger partial charge >= 0.3 is 12.1 Å². The van der Waals surface area contributed by atoms with E-state index in [9.17, 15) is 14.4 Å². The SMILES string of the molecule is CCOC(=O)N1CCN(C(=O)COC(=O)Cc2ccc(Cl)cc2)CC1. The number of esters is 1. The number of piperazine rings is 1. The Labute approximate surface area is 151 Å². The zero-order chi connectivity index (χ0) is 18.2. The number of rotatable bonds is 5. The molecular formula is C17H21ClN2O5. The highest BCUT2D eigenvalue weighted by Crippen LogP contribution is 2.10. The first kappa shape index (κ1) is 19.1. The maximum atomic E-state index is 12.1. The Morgan fingerprint density at radius 2 is 1.60 bits per heavy atom. The van der Waals surface area contributed by atoms with Gasteiger partial charge in [-0.3, -0.25) is 9.59 Å². The number of ether oxygens (including phenoxy) is 2. The summed E-state index contributed by atoms with van der Waals surface area (Å²) in [7, 11) is 0. The van der Waals surface area contributed by atoms with Crippen molar-refractivity contribution in [1.29, 1.82) is 0 Å². The summed E-state index contributed by atoms with van der Waals surface area (Å²) in [5.41, 5.74) is 0.768. The predicted molar refractivity (Wildman–Crippen MR) is 91.3 cm³/mol. The molecule has 0 spiro atoms. The molecule has 136 valence electrons. The van der Waals surface area contributed by atoms with Crippen LogP contribution in [0.1, 0.15) is 12.5 Å². The van der Waals surface area contributed by atoms with Crippen molar-refractivity contribution in [3.05, 3.63) is 34.9 Å². The molecule has 0 N–H and O–H groups in total. The van der Waals surface area contributed by atoms with Crippen molar-refractivity contribution in [3.8, 4) is 0 Å². The Balaban J connectivity index is 1.71. The van der Waals surface area contributed by atoms with Crippen molar-refractivity contribution in [2.75, 3.05) is 39.4 Å². The predicted octanol–water partition coefficient (Wildman–Crippen LogP) is 1.73. The average molecular weight is 369 g/mol. The van der Waals surface area contributed by atoms with Crippen molar-refractivity contribution in [2.45, 2.75) is 13.3 Å². The van der Waals surface area contributed by atoms with Crippen LogP contribution in [-0.4, -0.2) is 67.2 Å². The third kappa shape index (κ3) is 5.94.